The Labute approximate surface area is 168 Å². The first-order valence-electron chi connectivity index (χ1n) is 10.3. The highest BCUT2D eigenvalue weighted by molar-refractivity contribution is 5.90. The van der Waals surface area contributed by atoms with E-state index in [1.165, 1.54) is 19.3 Å². The molecule has 0 aliphatic rings. The van der Waals surface area contributed by atoms with Gasteiger partial charge < -0.3 is 10.4 Å². The average Bonchev–Trinajstić information content (AvgIpc) is 2.71. The molecule has 1 atom stereocenters. The molecule has 0 saturated heterocycles. The number of hydrogen-bond donors (Lipinski definition) is 2. The summed E-state index contributed by atoms with van der Waals surface area (Å²) in [5, 5.41) is 12.3. The van der Waals surface area contributed by atoms with E-state index in [-0.39, 0.29) is 5.91 Å². The normalized spacial score (nSPS) is 11.9. The van der Waals surface area contributed by atoms with Crippen molar-refractivity contribution < 1.29 is 14.7 Å². The Morgan fingerprint density at radius 3 is 1.82 bits per heavy atom. The van der Waals surface area contributed by atoms with Crippen LogP contribution >= 0.6 is 0 Å². The highest BCUT2D eigenvalue weighted by Crippen LogP contribution is 2.25. The van der Waals surface area contributed by atoms with Gasteiger partial charge in [0.15, 0.2) is 0 Å². The van der Waals surface area contributed by atoms with Crippen LogP contribution in [0.5, 0.6) is 0 Å². The number of rotatable bonds is 12. The van der Waals surface area contributed by atoms with E-state index in [9.17, 15) is 14.7 Å². The van der Waals surface area contributed by atoms with Gasteiger partial charge in [-0.3, -0.25) is 4.79 Å². The van der Waals surface area contributed by atoms with Crippen molar-refractivity contribution in [3.05, 3.63) is 71.8 Å². The first kappa shape index (κ1) is 21.7. The van der Waals surface area contributed by atoms with Crippen molar-refractivity contribution in [1.29, 1.82) is 0 Å². The predicted octanol–water partition coefficient (Wildman–Crippen LogP) is 5.14. The molecule has 1 amide bonds. The van der Waals surface area contributed by atoms with Crippen LogP contribution in [0.25, 0.3) is 0 Å². The molecule has 2 N–H and O–H groups in total. The van der Waals surface area contributed by atoms with Gasteiger partial charge in [-0.2, -0.15) is 0 Å². The van der Waals surface area contributed by atoms with Crippen LogP contribution in [0, 0.1) is 0 Å². The molecule has 4 nitrogen and oxygen atoms in total. The number of benzene rings is 2. The molecule has 0 radical (unpaired) electrons. The predicted molar refractivity (Wildman–Crippen MR) is 112 cm³/mol. The quantitative estimate of drug-likeness (QED) is 0.500. The SMILES string of the molecule is CCCCCCCC[C@@H](NC(=O)C(c1ccccc1)c1ccccc1)C(=O)O. The van der Waals surface area contributed by atoms with Crippen LogP contribution in [0.3, 0.4) is 0 Å². The Morgan fingerprint density at radius 1 is 0.821 bits per heavy atom. The van der Waals surface area contributed by atoms with Crippen molar-refractivity contribution in [2.45, 2.75) is 63.8 Å². The van der Waals surface area contributed by atoms with Gasteiger partial charge in [0.05, 0.1) is 5.92 Å². The van der Waals surface area contributed by atoms with Crippen molar-refractivity contribution >= 4 is 11.9 Å². The third-order valence-electron chi connectivity index (χ3n) is 4.99. The highest BCUT2D eigenvalue weighted by Gasteiger charge is 2.27. The van der Waals surface area contributed by atoms with Crippen LogP contribution < -0.4 is 5.32 Å². The van der Waals surface area contributed by atoms with Gasteiger partial charge in [-0.1, -0.05) is 106 Å². The molecule has 0 fully saturated rings. The monoisotopic (exact) mass is 381 g/mol. The molecule has 0 bridgehead atoms. The lowest BCUT2D eigenvalue weighted by Crippen LogP contribution is -2.43. The van der Waals surface area contributed by atoms with Gasteiger partial charge in [-0.15, -0.1) is 0 Å². The van der Waals surface area contributed by atoms with E-state index in [0.29, 0.717) is 6.42 Å². The first-order chi connectivity index (χ1) is 13.6. The standard InChI is InChI=1S/C24H31NO3/c1-2-3-4-5-6-13-18-21(24(27)28)25-23(26)22(19-14-9-7-10-15-19)20-16-11-8-12-17-20/h7-12,14-17,21-22H,2-6,13,18H2,1H3,(H,25,26)(H,27,28)/t21-/m1/s1. The summed E-state index contributed by atoms with van der Waals surface area (Å²) in [4.78, 5) is 24.7. The third kappa shape index (κ3) is 6.84. The van der Waals surface area contributed by atoms with Gasteiger partial charge in [-0.05, 0) is 17.5 Å². The van der Waals surface area contributed by atoms with E-state index < -0.39 is 17.9 Å². The number of carboxylic acids is 1. The van der Waals surface area contributed by atoms with Crippen molar-refractivity contribution in [2.24, 2.45) is 0 Å². The minimum absolute atomic E-state index is 0.268. The summed E-state index contributed by atoms with van der Waals surface area (Å²) < 4.78 is 0. The zero-order valence-electron chi connectivity index (χ0n) is 16.6. The summed E-state index contributed by atoms with van der Waals surface area (Å²) >= 11 is 0. The lowest BCUT2D eigenvalue weighted by molar-refractivity contribution is -0.142. The fraction of sp³-hybridized carbons (Fsp3) is 0.417. The van der Waals surface area contributed by atoms with Crippen molar-refractivity contribution in [3.8, 4) is 0 Å². The van der Waals surface area contributed by atoms with E-state index in [1.54, 1.807) is 0 Å². The Bertz CT molecular complexity index is 676. The van der Waals surface area contributed by atoms with Crippen LogP contribution in [0.1, 0.15) is 68.9 Å². The molecule has 28 heavy (non-hydrogen) atoms. The maximum Gasteiger partial charge on any atom is 0.326 e. The van der Waals surface area contributed by atoms with Gasteiger partial charge >= 0.3 is 5.97 Å². The fourth-order valence-electron chi connectivity index (χ4n) is 3.43. The Morgan fingerprint density at radius 2 is 1.32 bits per heavy atom. The molecule has 0 aliphatic carbocycles. The number of hydrogen-bond acceptors (Lipinski definition) is 2. The summed E-state index contributed by atoms with van der Waals surface area (Å²) in [5.41, 5.74) is 1.71. The second-order valence-corrected chi connectivity index (χ2v) is 7.21. The maximum atomic E-state index is 13.1. The third-order valence-corrected chi connectivity index (χ3v) is 4.99. The second kappa shape index (κ2) is 12.0. The second-order valence-electron chi connectivity index (χ2n) is 7.21. The van der Waals surface area contributed by atoms with Gasteiger partial charge in [0.25, 0.3) is 0 Å². The van der Waals surface area contributed by atoms with Gasteiger partial charge in [0, 0.05) is 0 Å². The smallest absolute Gasteiger partial charge is 0.326 e. The molecule has 0 unspecified atom stereocenters. The molecule has 0 aliphatic heterocycles. The molecule has 0 heterocycles. The molecule has 2 aromatic carbocycles. The molecule has 0 aromatic heterocycles. The molecule has 2 aromatic rings. The summed E-state index contributed by atoms with van der Waals surface area (Å²) in [5.74, 6) is -1.76. The highest BCUT2D eigenvalue weighted by atomic mass is 16.4. The minimum Gasteiger partial charge on any atom is -0.480 e. The minimum atomic E-state index is -0.971. The lowest BCUT2D eigenvalue weighted by atomic mass is 9.90. The van der Waals surface area contributed by atoms with Gasteiger partial charge in [0.2, 0.25) is 5.91 Å². The maximum absolute atomic E-state index is 13.1. The molecular weight excluding hydrogens is 350 g/mol. The van der Waals surface area contributed by atoms with Crippen LogP contribution in [0.2, 0.25) is 0 Å². The van der Waals surface area contributed by atoms with Crippen LogP contribution in [-0.2, 0) is 9.59 Å². The van der Waals surface area contributed by atoms with Crippen LogP contribution in [0.15, 0.2) is 60.7 Å². The molecule has 0 spiro atoms. The number of carbonyl (C=O) groups excluding carboxylic acids is 1. The summed E-state index contributed by atoms with van der Waals surface area (Å²) in [6.45, 7) is 2.17. The van der Waals surface area contributed by atoms with Crippen molar-refractivity contribution in [3.63, 3.8) is 0 Å². The summed E-state index contributed by atoms with van der Waals surface area (Å²) in [7, 11) is 0. The van der Waals surface area contributed by atoms with Gasteiger partial charge in [0.1, 0.15) is 6.04 Å². The van der Waals surface area contributed by atoms with E-state index >= 15 is 0 Å². The number of carboxylic acid groups (broad SMARTS) is 1. The Balaban J connectivity index is 2.05. The Kier molecular flexibility index (Phi) is 9.26. The molecular formula is C24H31NO3. The van der Waals surface area contributed by atoms with Crippen LogP contribution in [-0.4, -0.2) is 23.0 Å². The van der Waals surface area contributed by atoms with Gasteiger partial charge in [-0.25, -0.2) is 4.79 Å². The zero-order valence-corrected chi connectivity index (χ0v) is 16.6. The number of aliphatic carboxylic acids is 1. The summed E-state index contributed by atoms with van der Waals surface area (Å²) in [6, 6.07) is 18.1. The first-order valence-corrected chi connectivity index (χ1v) is 10.3. The Hall–Kier alpha value is -2.62. The van der Waals surface area contributed by atoms with Crippen LogP contribution in [0.4, 0.5) is 0 Å². The number of amides is 1. The fourth-order valence-corrected chi connectivity index (χ4v) is 3.43. The summed E-state index contributed by atoms with van der Waals surface area (Å²) in [6.07, 6.45) is 6.98. The number of unbranched alkanes of at least 4 members (excludes halogenated alkanes) is 5. The largest absolute Gasteiger partial charge is 0.480 e. The molecule has 150 valence electrons. The number of carbonyl (C=O) groups is 2. The average molecular weight is 382 g/mol. The van der Waals surface area contributed by atoms with E-state index in [0.717, 1.165) is 30.4 Å². The van der Waals surface area contributed by atoms with E-state index in [4.69, 9.17) is 0 Å². The lowest BCUT2D eigenvalue weighted by Gasteiger charge is -2.21. The molecule has 2 rings (SSSR count). The van der Waals surface area contributed by atoms with Crippen molar-refractivity contribution in [1.82, 2.24) is 5.32 Å². The van der Waals surface area contributed by atoms with E-state index in [1.807, 2.05) is 60.7 Å². The topological polar surface area (TPSA) is 66.4 Å². The van der Waals surface area contributed by atoms with E-state index in [2.05, 4.69) is 12.2 Å². The number of nitrogens with one attached hydrogen (secondary N) is 1. The molecule has 0 saturated carbocycles. The molecule has 4 heteroatoms. The van der Waals surface area contributed by atoms with Crippen molar-refractivity contribution in [2.75, 3.05) is 0 Å². The zero-order chi connectivity index (χ0) is 20.2.